The molecule has 0 aromatic heterocycles. The van der Waals surface area contributed by atoms with Crippen LogP contribution < -0.4 is 10.0 Å². The molecule has 2 aromatic carbocycles. The number of anilines is 1. The number of benzene rings is 2. The van der Waals surface area contributed by atoms with Crippen molar-refractivity contribution in [2.24, 2.45) is 0 Å². The van der Waals surface area contributed by atoms with Gasteiger partial charge in [-0.25, -0.2) is 8.42 Å². The first kappa shape index (κ1) is 19.4. The molecule has 0 bridgehead atoms. The van der Waals surface area contributed by atoms with E-state index in [9.17, 15) is 13.2 Å². The summed E-state index contributed by atoms with van der Waals surface area (Å²) in [5.41, 5.74) is 1.84. The lowest BCUT2D eigenvalue weighted by molar-refractivity contribution is -0.124. The number of rotatable bonds is 7. The van der Waals surface area contributed by atoms with E-state index in [1.54, 1.807) is 30.3 Å². The number of carbonyl (C=O) groups excluding carboxylic acids is 1. The molecular formula is C21H26N2O3S. The molecule has 6 heteroatoms. The van der Waals surface area contributed by atoms with Gasteiger partial charge in [-0.15, -0.1) is 0 Å². The van der Waals surface area contributed by atoms with E-state index in [1.807, 2.05) is 39.0 Å². The Kier molecular flexibility index (Phi) is 5.29. The third-order valence-electron chi connectivity index (χ3n) is 5.16. The van der Waals surface area contributed by atoms with Crippen molar-refractivity contribution in [2.75, 3.05) is 4.72 Å². The van der Waals surface area contributed by atoms with Gasteiger partial charge in [-0.2, -0.15) is 0 Å². The van der Waals surface area contributed by atoms with Gasteiger partial charge in [-0.05, 0) is 68.5 Å². The van der Waals surface area contributed by atoms with Crippen molar-refractivity contribution in [3.05, 3.63) is 59.7 Å². The van der Waals surface area contributed by atoms with E-state index in [2.05, 4.69) is 10.0 Å². The molecule has 144 valence electrons. The van der Waals surface area contributed by atoms with Crippen molar-refractivity contribution in [2.45, 2.75) is 56.4 Å². The number of carbonyl (C=O) groups is 1. The number of nitrogens with one attached hydrogen (secondary N) is 2. The molecule has 1 aliphatic rings. The lowest BCUT2D eigenvalue weighted by Gasteiger charge is -2.19. The number of sulfonamides is 1. The van der Waals surface area contributed by atoms with E-state index in [4.69, 9.17) is 0 Å². The minimum atomic E-state index is -3.63. The highest BCUT2D eigenvalue weighted by Crippen LogP contribution is 2.48. The Labute approximate surface area is 161 Å². The van der Waals surface area contributed by atoms with E-state index in [0.717, 1.165) is 30.4 Å². The summed E-state index contributed by atoms with van der Waals surface area (Å²) in [6, 6.07) is 14.1. The summed E-state index contributed by atoms with van der Waals surface area (Å²) < 4.78 is 27.7. The van der Waals surface area contributed by atoms with Gasteiger partial charge in [0.1, 0.15) is 0 Å². The fourth-order valence-corrected chi connectivity index (χ4v) is 4.25. The first-order valence-electron chi connectivity index (χ1n) is 9.28. The van der Waals surface area contributed by atoms with Gasteiger partial charge in [0.15, 0.2) is 0 Å². The van der Waals surface area contributed by atoms with Crippen LogP contribution in [-0.2, 0) is 20.2 Å². The molecule has 0 heterocycles. The standard InChI is InChI=1S/C21H26N2O3S/c1-4-16(3)22-20(24)21(12-13-21)17-8-10-18(11-9-17)23-27(25,26)19-7-5-6-15(2)14-19/h5-11,14,16,23H,4,12-13H2,1-3H3,(H,22,24)/t16-/m0/s1. The molecule has 1 aliphatic carbocycles. The summed E-state index contributed by atoms with van der Waals surface area (Å²) in [7, 11) is -3.63. The van der Waals surface area contributed by atoms with Crippen LogP contribution in [0, 0.1) is 6.92 Å². The minimum Gasteiger partial charge on any atom is -0.353 e. The van der Waals surface area contributed by atoms with Gasteiger partial charge in [0, 0.05) is 11.7 Å². The van der Waals surface area contributed by atoms with Crippen molar-refractivity contribution in [1.29, 1.82) is 0 Å². The Balaban J connectivity index is 1.75. The molecule has 1 amide bonds. The molecule has 5 nitrogen and oxygen atoms in total. The second-order valence-electron chi connectivity index (χ2n) is 7.36. The summed E-state index contributed by atoms with van der Waals surface area (Å²) >= 11 is 0. The molecule has 0 spiro atoms. The van der Waals surface area contributed by atoms with E-state index in [1.165, 1.54) is 0 Å². The summed E-state index contributed by atoms with van der Waals surface area (Å²) in [5.74, 6) is 0.0601. The zero-order valence-corrected chi connectivity index (χ0v) is 16.8. The van der Waals surface area contributed by atoms with Crippen molar-refractivity contribution < 1.29 is 13.2 Å². The highest BCUT2D eigenvalue weighted by molar-refractivity contribution is 7.92. The van der Waals surface area contributed by atoms with Crippen molar-refractivity contribution in [3.8, 4) is 0 Å². The van der Waals surface area contributed by atoms with Crippen LogP contribution in [0.2, 0.25) is 0 Å². The average molecular weight is 387 g/mol. The van der Waals surface area contributed by atoms with Crippen LogP contribution in [0.3, 0.4) is 0 Å². The Morgan fingerprint density at radius 3 is 2.37 bits per heavy atom. The predicted octanol–water partition coefficient (Wildman–Crippen LogP) is 3.74. The number of amides is 1. The van der Waals surface area contributed by atoms with Gasteiger partial charge in [-0.1, -0.05) is 31.2 Å². The zero-order valence-electron chi connectivity index (χ0n) is 16.0. The smallest absolute Gasteiger partial charge is 0.261 e. The molecule has 2 N–H and O–H groups in total. The molecule has 27 heavy (non-hydrogen) atoms. The van der Waals surface area contributed by atoms with E-state index in [-0.39, 0.29) is 16.8 Å². The van der Waals surface area contributed by atoms with Crippen LogP contribution in [0.4, 0.5) is 5.69 Å². The maximum absolute atomic E-state index is 12.6. The molecule has 1 atom stereocenters. The van der Waals surface area contributed by atoms with E-state index >= 15 is 0 Å². The average Bonchev–Trinajstić information content (AvgIpc) is 3.44. The van der Waals surface area contributed by atoms with Gasteiger partial charge in [0.05, 0.1) is 10.3 Å². The van der Waals surface area contributed by atoms with Crippen LogP contribution in [-0.4, -0.2) is 20.4 Å². The zero-order chi connectivity index (χ0) is 19.7. The fraction of sp³-hybridized carbons (Fsp3) is 0.381. The number of hydrogen-bond donors (Lipinski definition) is 2. The Morgan fingerprint density at radius 2 is 1.81 bits per heavy atom. The van der Waals surface area contributed by atoms with Crippen molar-refractivity contribution in [3.63, 3.8) is 0 Å². The third kappa shape index (κ3) is 4.16. The molecule has 0 unspecified atom stereocenters. The minimum absolute atomic E-state index is 0.0601. The quantitative estimate of drug-likeness (QED) is 0.761. The summed E-state index contributed by atoms with van der Waals surface area (Å²) in [6.07, 6.45) is 2.54. The van der Waals surface area contributed by atoms with E-state index < -0.39 is 15.4 Å². The molecule has 1 fully saturated rings. The van der Waals surface area contributed by atoms with Crippen LogP contribution in [0.5, 0.6) is 0 Å². The maximum Gasteiger partial charge on any atom is 0.261 e. The Bertz CT molecular complexity index is 932. The van der Waals surface area contributed by atoms with Crippen molar-refractivity contribution >= 4 is 21.6 Å². The fourth-order valence-electron chi connectivity index (χ4n) is 3.09. The van der Waals surface area contributed by atoms with E-state index in [0.29, 0.717) is 5.69 Å². The summed E-state index contributed by atoms with van der Waals surface area (Å²) in [6.45, 7) is 5.89. The molecule has 1 saturated carbocycles. The SMILES string of the molecule is CC[C@H](C)NC(=O)C1(c2ccc(NS(=O)(=O)c3cccc(C)c3)cc2)CC1. The largest absolute Gasteiger partial charge is 0.353 e. The lowest BCUT2D eigenvalue weighted by atomic mass is 9.94. The monoisotopic (exact) mass is 386 g/mol. The highest BCUT2D eigenvalue weighted by Gasteiger charge is 2.51. The van der Waals surface area contributed by atoms with Crippen LogP contribution >= 0.6 is 0 Å². The highest BCUT2D eigenvalue weighted by atomic mass is 32.2. The maximum atomic E-state index is 12.6. The normalized spacial score (nSPS) is 16.4. The first-order chi connectivity index (χ1) is 12.8. The second-order valence-corrected chi connectivity index (χ2v) is 9.05. The van der Waals surface area contributed by atoms with Crippen LogP contribution in [0.1, 0.15) is 44.2 Å². The van der Waals surface area contributed by atoms with Gasteiger partial charge >= 0.3 is 0 Å². The van der Waals surface area contributed by atoms with Crippen molar-refractivity contribution in [1.82, 2.24) is 5.32 Å². The van der Waals surface area contributed by atoms with Gasteiger partial charge in [0.25, 0.3) is 10.0 Å². The molecule has 3 rings (SSSR count). The van der Waals surface area contributed by atoms with Crippen LogP contribution in [0.15, 0.2) is 53.4 Å². The Morgan fingerprint density at radius 1 is 1.15 bits per heavy atom. The molecule has 0 aliphatic heterocycles. The second kappa shape index (κ2) is 7.35. The topological polar surface area (TPSA) is 75.3 Å². The number of hydrogen-bond acceptors (Lipinski definition) is 3. The van der Waals surface area contributed by atoms with Crippen LogP contribution in [0.25, 0.3) is 0 Å². The molecule has 0 radical (unpaired) electrons. The predicted molar refractivity (Wildman–Crippen MR) is 107 cm³/mol. The molecule has 0 saturated heterocycles. The van der Waals surface area contributed by atoms with Gasteiger partial charge < -0.3 is 5.32 Å². The number of aryl methyl sites for hydroxylation is 1. The summed E-state index contributed by atoms with van der Waals surface area (Å²) in [4.78, 5) is 12.8. The molecule has 2 aromatic rings. The summed E-state index contributed by atoms with van der Waals surface area (Å²) in [5, 5.41) is 3.06. The lowest BCUT2D eigenvalue weighted by Crippen LogP contribution is -2.39. The molecular weight excluding hydrogens is 360 g/mol. The first-order valence-corrected chi connectivity index (χ1v) is 10.8. The third-order valence-corrected chi connectivity index (χ3v) is 6.54. The van der Waals surface area contributed by atoms with Gasteiger partial charge in [-0.3, -0.25) is 9.52 Å². The van der Waals surface area contributed by atoms with Gasteiger partial charge in [0.2, 0.25) is 5.91 Å². The Hall–Kier alpha value is -2.34.